The molecule has 23 N–H and O–H groups in total. The molecule has 15 unspecified atom stereocenters. The summed E-state index contributed by atoms with van der Waals surface area (Å²) in [4.78, 5) is 147. The van der Waals surface area contributed by atoms with Crippen LogP contribution in [0.5, 0.6) is 5.75 Å². The monoisotopic (exact) mass is 1210 g/mol. The Bertz CT molecular complexity index is 2410. The van der Waals surface area contributed by atoms with Gasteiger partial charge < -0.3 is 115 Å². The molecule has 85 heavy (non-hydrogen) atoms. The number of carbonyl (C=O) groups excluding carboxylic acids is 11. The van der Waals surface area contributed by atoms with E-state index in [0.29, 0.717) is 12.8 Å². The number of nitrogens with one attached hydrogen (secondary N) is 8. The molecule has 0 bridgehead atoms. The van der Waals surface area contributed by atoms with E-state index in [1.165, 1.54) is 0 Å². The second-order valence-corrected chi connectivity index (χ2v) is 20.8. The zero-order valence-electron chi connectivity index (χ0n) is 47.0. The number of carbonyl (C=O) groups is 11. The van der Waals surface area contributed by atoms with Crippen LogP contribution >= 0.6 is 0 Å². The van der Waals surface area contributed by atoms with Crippen molar-refractivity contribution in [2.45, 2.75) is 195 Å². The number of phenols is 1. The minimum atomic E-state index is -2.21. The zero-order chi connectivity index (χ0) is 63.5. The first-order valence-electron chi connectivity index (χ1n) is 27.8. The van der Waals surface area contributed by atoms with Crippen molar-refractivity contribution in [3.8, 4) is 5.75 Å². The van der Waals surface area contributed by atoms with E-state index in [9.17, 15) is 98.7 Å². The van der Waals surface area contributed by atoms with Crippen LogP contribution < -0.4 is 59.7 Å². The fraction of sp³-hybridized carbons (Fsp3) is 0.673. The van der Waals surface area contributed by atoms with Gasteiger partial charge in [0.15, 0.2) is 6.29 Å². The Balaban J connectivity index is 2.14. The average Bonchev–Trinajstić information content (AvgIpc) is 3.63. The van der Waals surface area contributed by atoms with E-state index in [4.69, 9.17) is 26.7 Å². The van der Waals surface area contributed by atoms with Crippen molar-refractivity contribution in [3.63, 3.8) is 0 Å². The van der Waals surface area contributed by atoms with E-state index < -0.39 is 215 Å². The quantitative estimate of drug-likeness (QED) is 0.0383. The summed E-state index contributed by atoms with van der Waals surface area (Å²) >= 11 is 0. The third-order valence-corrected chi connectivity index (χ3v) is 13.8. The largest absolute Gasteiger partial charge is 0.508 e. The van der Waals surface area contributed by atoms with Gasteiger partial charge in [-0.3, -0.25) is 52.7 Å². The lowest BCUT2D eigenvalue weighted by molar-refractivity contribution is -0.293. The summed E-state index contributed by atoms with van der Waals surface area (Å²) in [7, 11) is 0. The van der Waals surface area contributed by atoms with Gasteiger partial charge in [-0.15, -0.1) is 0 Å². The Labute approximate surface area is 488 Å². The first-order valence-corrected chi connectivity index (χ1v) is 27.8. The normalized spacial score (nSPS) is 27.0. The molecular formula is C52H83N11O22. The minimum Gasteiger partial charge on any atom is -0.508 e. The maximum atomic E-state index is 14.2. The van der Waals surface area contributed by atoms with Gasteiger partial charge in [-0.05, 0) is 30.5 Å². The molecule has 1 aromatic carbocycles. The number of hydrogen-bond donors (Lipinski definition) is 20. The Morgan fingerprint density at radius 1 is 0.600 bits per heavy atom. The van der Waals surface area contributed by atoms with Gasteiger partial charge in [0.05, 0.1) is 57.8 Å². The summed E-state index contributed by atoms with van der Waals surface area (Å²) < 4.78 is 11.3. The van der Waals surface area contributed by atoms with Crippen LogP contribution in [-0.2, 0) is 62.2 Å². The van der Waals surface area contributed by atoms with Crippen molar-refractivity contribution < 1.29 is 108 Å². The highest BCUT2D eigenvalue weighted by Gasteiger charge is 2.42. The summed E-state index contributed by atoms with van der Waals surface area (Å²) in [5.74, 6) is -14.7. The molecular weight excluding hydrogens is 1130 g/mol. The predicted octanol–water partition coefficient (Wildman–Crippen LogP) is -8.19. The van der Waals surface area contributed by atoms with Gasteiger partial charge in [-0.2, -0.15) is 0 Å². The molecule has 2 fully saturated rings. The number of rotatable bonds is 26. The van der Waals surface area contributed by atoms with Gasteiger partial charge in [0, 0.05) is 12.5 Å². The van der Waals surface area contributed by atoms with E-state index >= 15 is 0 Å². The Hall–Kier alpha value is -7.21. The van der Waals surface area contributed by atoms with Crippen molar-refractivity contribution in [1.29, 1.82) is 0 Å². The molecule has 0 saturated carbocycles. The maximum absolute atomic E-state index is 14.2. The SMILES string of the molecule is CCCCCCCCCCCC(OC1OCC(O)C(O)C1O)C(O)C(O)CC1CC(=O)NC(CO)C(=O)NC(C(O)c2ccc(O)cc2)C(=O)NC(CC(N)=O)C(=O)NCC(=O)NC(CC(N)=O)C(=O)NC(CO)C(=O)NC(CC(N)=O)C(=O)N1. The highest BCUT2D eigenvalue weighted by molar-refractivity contribution is 5.99. The molecule has 15 atom stereocenters. The Kier molecular flexibility index (Phi) is 31.0. The fourth-order valence-corrected chi connectivity index (χ4v) is 9.06. The predicted molar refractivity (Wildman–Crippen MR) is 291 cm³/mol. The summed E-state index contributed by atoms with van der Waals surface area (Å²) in [6, 6.07) is -9.65. The summed E-state index contributed by atoms with van der Waals surface area (Å²) in [6.45, 7) is -2.00. The number of ether oxygens (including phenoxy) is 2. The second kappa shape index (κ2) is 36.6. The van der Waals surface area contributed by atoms with Gasteiger partial charge in [-0.1, -0.05) is 76.8 Å². The number of aliphatic hydroxyl groups is 8. The molecule has 0 radical (unpaired) electrons. The molecule has 2 aliphatic heterocycles. The molecule has 3 rings (SSSR count). The van der Waals surface area contributed by atoms with Gasteiger partial charge in [0.25, 0.3) is 0 Å². The molecule has 2 aliphatic rings. The molecule has 2 heterocycles. The molecule has 0 spiro atoms. The van der Waals surface area contributed by atoms with Crippen LogP contribution in [0.15, 0.2) is 24.3 Å². The lowest BCUT2D eigenvalue weighted by Gasteiger charge is -2.38. The van der Waals surface area contributed by atoms with E-state index in [1.807, 2.05) is 5.32 Å². The maximum Gasteiger partial charge on any atom is 0.246 e. The first kappa shape index (κ1) is 72.1. The Morgan fingerprint density at radius 3 is 1.64 bits per heavy atom. The Morgan fingerprint density at radius 2 is 1.07 bits per heavy atom. The number of hydrogen-bond acceptors (Lipinski definition) is 22. The number of aliphatic hydroxyl groups excluding tert-OH is 8. The van der Waals surface area contributed by atoms with Crippen LogP contribution in [-0.4, -0.2) is 223 Å². The standard InChI is InChI=1S/C52H83N11O22/c1-2-3-4-5-6-7-8-9-10-11-35(85-52-45(77)44(76)34(68)24-84-52)43(75)33(67)16-26-17-39(72)59-31(22-64)50(82)63-41(42(74)25-12-14-27(66)15-13-25)51(83)61-28(18-36(53)69)46(78)56-21-40(73)58-29(19-37(54)70)48(80)62-32(23-65)49(81)60-30(20-38(55)71)47(79)57-26/h12-15,26,28-35,41-45,52,64-68,74-77H,2-11,16-24H2,1H3,(H2,53,69)(H2,54,70)(H2,55,71)(H,56,78)(H,57,79)(H,58,73)(H,59,72)(H,60,81)(H,61,83)(H,62,80)(H,63,82). The molecule has 11 amide bonds. The summed E-state index contributed by atoms with van der Waals surface area (Å²) in [5, 5.41) is 114. The molecule has 2 saturated heterocycles. The van der Waals surface area contributed by atoms with Crippen LogP contribution in [0.3, 0.4) is 0 Å². The van der Waals surface area contributed by atoms with Crippen molar-refractivity contribution in [2.24, 2.45) is 17.2 Å². The number of amides is 11. The van der Waals surface area contributed by atoms with Gasteiger partial charge in [0.1, 0.15) is 72.5 Å². The number of phenolic OH excluding ortho intramolecular Hbond substituents is 1. The number of benzene rings is 1. The van der Waals surface area contributed by atoms with E-state index in [0.717, 1.165) is 69.2 Å². The topological polar surface area (TPSA) is 563 Å². The summed E-state index contributed by atoms with van der Waals surface area (Å²) in [5.41, 5.74) is 15.9. The van der Waals surface area contributed by atoms with Crippen LogP contribution in [0, 0.1) is 0 Å². The fourth-order valence-electron chi connectivity index (χ4n) is 9.06. The lowest BCUT2D eigenvalue weighted by Crippen LogP contribution is -2.60. The molecule has 33 heteroatoms. The molecule has 478 valence electrons. The smallest absolute Gasteiger partial charge is 0.246 e. The molecule has 1 aromatic rings. The highest BCUT2D eigenvalue weighted by atomic mass is 16.7. The van der Waals surface area contributed by atoms with E-state index in [1.54, 1.807) is 0 Å². The number of primary amides is 3. The van der Waals surface area contributed by atoms with Gasteiger partial charge in [0.2, 0.25) is 65.0 Å². The zero-order valence-corrected chi connectivity index (χ0v) is 47.0. The van der Waals surface area contributed by atoms with Crippen LogP contribution in [0.2, 0.25) is 0 Å². The summed E-state index contributed by atoms with van der Waals surface area (Å²) in [6.07, 6.45) is -11.3. The van der Waals surface area contributed by atoms with Crippen molar-refractivity contribution >= 4 is 65.0 Å². The number of unbranched alkanes of at least 4 members (excludes halogenated alkanes) is 8. The number of aromatic hydroxyl groups is 1. The van der Waals surface area contributed by atoms with Crippen molar-refractivity contribution in [2.75, 3.05) is 26.4 Å². The van der Waals surface area contributed by atoms with Crippen molar-refractivity contribution in [3.05, 3.63) is 29.8 Å². The molecule has 0 aliphatic carbocycles. The van der Waals surface area contributed by atoms with E-state index in [2.05, 4.69) is 44.1 Å². The minimum absolute atomic E-state index is 0.0194. The van der Waals surface area contributed by atoms with Crippen LogP contribution in [0.25, 0.3) is 0 Å². The van der Waals surface area contributed by atoms with Crippen LogP contribution in [0.4, 0.5) is 0 Å². The average molecular weight is 1210 g/mol. The third-order valence-electron chi connectivity index (χ3n) is 13.8. The van der Waals surface area contributed by atoms with Gasteiger partial charge >= 0.3 is 0 Å². The second-order valence-electron chi connectivity index (χ2n) is 20.8. The third kappa shape index (κ3) is 24.7. The van der Waals surface area contributed by atoms with Gasteiger partial charge in [-0.25, -0.2) is 0 Å². The first-order chi connectivity index (χ1) is 40.2. The molecule has 0 aromatic heterocycles. The molecule has 33 nitrogen and oxygen atoms in total. The number of nitrogens with two attached hydrogens (primary N) is 3. The van der Waals surface area contributed by atoms with Crippen molar-refractivity contribution in [1.82, 2.24) is 42.5 Å². The lowest BCUT2D eigenvalue weighted by atomic mass is 9.94. The highest BCUT2D eigenvalue weighted by Crippen LogP contribution is 2.25. The van der Waals surface area contributed by atoms with Crippen LogP contribution in [0.1, 0.15) is 115 Å². The van der Waals surface area contributed by atoms with E-state index in [-0.39, 0.29) is 17.7 Å².